The van der Waals surface area contributed by atoms with Gasteiger partial charge in [0.2, 0.25) is 0 Å². The monoisotopic (exact) mass is 285 g/mol. The van der Waals surface area contributed by atoms with Crippen LogP contribution >= 0.6 is 11.6 Å². The number of hydrogen-bond acceptors (Lipinski definition) is 2. The van der Waals surface area contributed by atoms with E-state index in [1.165, 1.54) is 12.1 Å². The van der Waals surface area contributed by atoms with Gasteiger partial charge in [-0.3, -0.25) is 4.79 Å². The molecule has 0 unspecified atom stereocenters. The van der Waals surface area contributed by atoms with Crippen LogP contribution in [0, 0.1) is 11.2 Å². The Hall–Kier alpha value is -0.930. The Morgan fingerprint density at radius 1 is 1.37 bits per heavy atom. The quantitative estimate of drug-likeness (QED) is 0.829. The van der Waals surface area contributed by atoms with Crippen molar-refractivity contribution in [2.24, 2.45) is 11.1 Å². The smallest absolute Gasteiger partial charge is 0.137 e. The highest BCUT2D eigenvalue weighted by Gasteiger charge is 2.19. The number of ketones is 1. The Labute approximate surface area is 119 Å². The van der Waals surface area contributed by atoms with Gasteiger partial charge in [-0.25, -0.2) is 4.39 Å². The topological polar surface area (TPSA) is 43.1 Å². The molecular formula is C15H21ClFNO. The van der Waals surface area contributed by atoms with Crippen molar-refractivity contribution in [3.8, 4) is 0 Å². The molecule has 1 aromatic carbocycles. The van der Waals surface area contributed by atoms with Gasteiger partial charge in [0.25, 0.3) is 0 Å². The van der Waals surface area contributed by atoms with Gasteiger partial charge in [-0.1, -0.05) is 31.5 Å². The molecule has 0 saturated heterocycles. The summed E-state index contributed by atoms with van der Waals surface area (Å²) in [5, 5.41) is 0.314. The van der Waals surface area contributed by atoms with Gasteiger partial charge in [0.05, 0.1) is 0 Å². The molecule has 2 N–H and O–H groups in total. The molecule has 0 aliphatic heterocycles. The number of benzene rings is 1. The van der Waals surface area contributed by atoms with Crippen LogP contribution in [0.4, 0.5) is 4.39 Å². The first-order valence-electron chi connectivity index (χ1n) is 6.50. The average Bonchev–Trinajstić information content (AvgIpc) is 2.32. The third-order valence-corrected chi connectivity index (χ3v) is 3.69. The van der Waals surface area contributed by atoms with E-state index in [-0.39, 0.29) is 17.6 Å². The van der Waals surface area contributed by atoms with Gasteiger partial charge in [0, 0.05) is 23.4 Å². The van der Waals surface area contributed by atoms with Gasteiger partial charge >= 0.3 is 0 Å². The minimum atomic E-state index is -0.415. The summed E-state index contributed by atoms with van der Waals surface area (Å²) in [7, 11) is 0. The van der Waals surface area contributed by atoms with Crippen LogP contribution in [0.5, 0.6) is 0 Å². The van der Waals surface area contributed by atoms with E-state index < -0.39 is 5.82 Å². The van der Waals surface area contributed by atoms with Gasteiger partial charge in [0.15, 0.2) is 0 Å². The number of carbonyl (C=O) groups is 1. The summed E-state index contributed by atoms with van der Waals surface area (Å²) >= 11 is 5.90. The fraction of sp³-hybridized carbons (Fsp3) is 0.533. The molecule has 0 aliphatic carbocycles. The molecule has 19 heavy (non-hydrogen) atoms. The van der Waals surface area contributed by atoms with Crippen LogP contribution in [-0.4, -0.2) is 12.3 Å². The van der Waals surface area contributed by atoms with Crippen LogP contribution < -0.4 is 5.73 Å². The zero-order valence-corrected chi connectivity index (χ0v) is 12.3. The lowest BCUT2D eigenvalue weighted by Gasteiger charge is -2.23. The van der Waals surface area contributed by atoms with Crippen molar-refractivity contribution < 1.29 is 9.18 Å². The molecule has 0 aromatic heterocycles. The minimum absolute atomic E-state index is 0.0112. The molecule has 0 aliphatic rings. The van der Waals surface area contributed by atoms with Gasteiger partial charge < -0.3 is 5.73 Å². The number of carbonyl (C=O) groups excluding carboxylic acids is 1. The first-order chi connectivity index (χ1) is 8.85. The van der Waals surface area contributed by atoms with Crippen LogP contribution in [-0.2, 0) is 11.2 Å². The van der Waals surface area contributed by atoms with E-state index in [2.05, 4.69) is 13.8 Å². The molecular weight excluding hydrogens is 265 g/mol. The van der Waals surface area contributed by atoms with Crippen LogP contribution in [0.3, 0.4) is 0 Å². The van der Waals surface area contributed by atoms with Crippen molar-refractivity contribution in [3.05, 3.63) is 34.6 Å². The van der Waals surface area contributed by atoms with E-state index in [0.717, 1.165) is 12.8 Å². The molecule has 0 bridgehead atoms. The Bertz CT molecular complexity index is 426. The minimum Gasteiger partial charge on any atom is -0.330 e. The third kappa shape index (κ3) is 5.29. The van der Waals surface area contributed by atoms with Gasteiger partial charge in [0.1, 0.15) is 11.6 Å². The second-order valence-electron chi connectivity index (χ2n) is 5.62. The summed E-state index contributed by atoms with van der Waals surface area (Å²) in [6, 6.07) is 4.47. The molecule has 1 rings (SSSR count). The lowest BCUT2D eigenvalue weighted by Crippen LogP contribution is -2.19. The summed E-state index contributed by atoms with van der Waals surface area (Å²) in [4.78, 5) is 11.9. The maximum absolute atomic E-state index is 13.6. The molecule has 0 amide bonds. The van der Waals surface area contributed by atoms with Gasteiger partial charge in [-0.15, -0.1) is 0 Å². The maximum Gasteiger partial charge on any atom is 0.137 e. The predicted molar refractivity (Wildman–Crippen MR) is 76.8 cm³/mol. The third-order valence-electron chi connectivity index (χ3n) is 3.34. The zero-order valence-electron chi connectivity index (χ0n) is 11.5. The second kappa shape index (κ2) is 7.01. The fourth-order valence-corrected chi connectivity index (χ4v) is 2.21. The highest BCUT2D eigenvalue weighted by Crippen LogP contribution is 2.27. The van der Waals surface area contributed by atoms with E-state index in [1.807, 2.05) is 0 Å². The van der Waals surface area contributed by atoms with Crippen molar-refractivity contribution in [1.82, 2.24) is 0 Å². The summed E-state index contributed by atoms with van der Waals surface area (Å²) in [5.41, 5.74) is 5.87. The highest BCUT2D eigenvalue weighted by atomic mass is 35.5. The lowest BCUT2D eigenvalue weighted by atomic mass is 9.83. The van der Waals surface area contributed by atoms with Crippen LogP contribution in [0.1, 0.15) is 38.7 Å². The standard InChI is InChI=1S/C15H21ClFNO/c1-15(2,8-9-18)7-6-11(19)10-12-13(16)4-3-5-14(12)17/h3-5H,6-10,18H2,1-2H3. The Morgan fingerprint density at radius 3 is 2.63 bits per heavy atom. The van der Waals surface area contributed by atoms with Crippen molar-refractivity contribution in [1.29, 1.82) is 0 Å². The Morgan fingerprint density at radius 2 is 2.05 bits per heavy atom. The molecule has 0 spiro atoms. The summed E-state index contributed by atoms with van der Waals surface area (Å²) < 4.78 is 13.6. The lowest BCUT2D eigenvalue weighted by molar-refractivity contribution is -0.119. The second-order valence-corrected chi connectivity index (χ2v) is 6.03. The van der Waals surface area contributed by atoms with Crippen LogP contribution in [0.25, 0.3) is 0 Å². The first-order valence-corrected chi connectivity index (χ1v) is 6.88. The molecule has 106 valence electrons. The van der Waals surface area contributed by atoms with Gasteiger partial charge in [-0.05, 0) is 36.9 Å². The predicted octanol–water partition coefficient (Wildman–Crippen LogP) is 3.75. The SMILES string of the molecule is CC(C)(CCN)CCC(=O)Cc1c(F)cccc1Cl. The molecule has 1 aromatic rings. The zero-order chi connectivity index (χ0) is 14.5. The van der Waals surface area contributed by atoms with Crippen molar-refractivity contribution in [3.63, 3.8) is 0 Å². The number of halogens is 2. The summed E-state index contributed by atoms with van der Waals surface area (Å²) in [6.45, 7) is 4.78. The Kier molecular flexibility index (Phi) is 5.95. The Balaban J connectivity index is 2.57. The van der Waals surface area contributed by atoms with E-state index >= 15 is 0 Å². The van der Waals surface area contributed by atoms with Gasteiger partial charge in [-0.2, -0.15) is 0 Å². The van der Waals surface area contributed by atoms with Crippen LogP contribution in [0.2, 0.25) is 5.02 Å². The number of Topliss-reactive ketones (excluding diaryl/α,β-unsaturated/α-hetero) is 1. The molecule has 0 fully saturated rings. The number of nitrogens with two attached hydrogens (primary N) is 1. The number of hydrogen-bond donors (Lipinski definition) is 1. The van der Waals surface area contributed by atoms with Crippen LogP contribution in [0.15, 0.2) is 18.2 Å². The molecule has 4 heteroatoms. The normalized spacial score (nSPS) is 11.6. The maximum atomic E-state index is 13.6. The molecule has 0 saturated carbocycles. The van der Waals surface area contributed by atoms with E-state index in [0.29, 0.717) is 23.6 Å². The summed E-state index contributed by atoms with van der Waals surface area (Å²) in [5.74, 6) is -0.404. The van der Waals surface area contributed by atoms with E-state index in [4.69, 9.17) is 17.3 Å². The molecule has 0 atom stereocenters. The molecule has 2 nitrogen and oxygen atoms in total. The van der Waals surface area contributed by atoms with E-state index in [9.17, 15) is 9.18 Å². The van der Waals surface area contributed by atoms with E-state index in [1.54, 1.807) is 6.07 Å². The fourth-order valence-electron chi connectivity index (χ4n) is 1.98. The largest absolute Gasteiger partial charge is 0.330 e. The van der Waals surface area contributed by atoms with Crippen molar-refractivity contribution in [2.75, 3.05) is 6.54 Å². The highest BCUT2D eigenvalue weighted by molar-refractivity contribution is 6.31. The average molecular weight is 286 g/mol. The number of rotatable bonds is 7. The van der Waals surface area contributed by atoms with Crippen molar-refractivity contribution in [2.45, 2.75) is 39.5 Å². The van der Waals surface area contributed by atoms with Crippen molar-refractivity contribution >= 4 is 17.4 Å². The summed E-state index contributed by atoms with van der Waals surface area (Å²) in [6.07, 6.45) is 2.12. The first kappa shape index (κ1) is 16.1. The molecule has 0 radical (unpaired) electrons. The molecule has 0 heterocycles.